The van der Waals surface area contributed by atoms with Gasteiger partial charge in [0.2, 0.25) is 0 Å². The molecule has 0 spiro atoms. The third-order valence-corrected chi connectivity index (χ3v) is 2.80. The highest BCUT2D eigenvalue weighted by atomic mass is 16.5. The molecule has 0 radical (unpaired) electrons. The predicted octanol–water partition coefficient (Wildman–Crippen LogP) is 2.70. The van der Waals surface area contributed by atoms with Crippen molar-refractivity contribution in [3.63, 3.8) is 0 Å². The van der Waals surface area contributed by atoms with E-state index in [1.165, 1.54) is 5.56 Å². The van der Waals surface area contributed by atoms with Crippen LogP contribution in [-0.4, -0.2) is 19.0 Å². The van der Waals surface area contributed by atoms with Crippen LogP contribution in [0.3, 0.4) is 0 Å². The second-order valence-electron chi connectivity index (χ2n) is 4.04. The van der Waals surface area contributed by atoms with Gasteiger partial charge in [-0.25, -0.2) is 0 Å². The molecule has 0 aliphatic carbocycles. The number of rotatable bonds is 3. The van der Waals surface area contributed by atoms with E-state index in [2.05, 4.69) is 24.3 Å². The first-order valence-corrected chi connectivity index (χ1v) is 5.68. The van der Waals surface area contributed by atoms with Crippen molar-refractivity contribution >= 4 is 11.9 Å². The molecule has 0 unspecified atom stereocenters. The number of ether oxygens (including phenoxy) is 1. The van der Waals surface area contributed by atoms with Crippen molar-refractivity contribution in [2.24, 2.45) is 5.92 Å². The molecule has 1 aromatic carbocycles. The lowest BCUT2D eigenvalue weighted by Gasteiger charge is -2.19. The van der Waals surface area contributed by atoms with Gasteiger partial charge in [0.25, 0.3) is 0 Å². The number of ketones is 1. The normalized spacial score (nSPS) is 21.5. The first-order valence-electron chi connectivity index (χ1n) is 5.68. The van der Waals surface area contributed by atoms with E-state index in [0.29, 0.717) is 25.4 Å². The van der Waals surface area contributed by atoms with Crippen LogP contribution in [0.2, 0.25) is 0 Å². The number of benzene rings is 1. The van der Waals surface area contributed by atoms with Gasteiger partial charge in [0, 0.05) is 12.3 Å². The van der Waals surface area contributed by atoms with Crippen molar-refractivity contribution < 1.29 is 9.53 Å². The molecular formula is C14H16O2. The summed E-state index contributed by atoms with van der Waals surface area (Å²) in [4.78, 5) is 11.5. The highest BCUT2D eigenvalue weighted by Gasteiger charge is 2.20. The van der Waals surface area contributed by atoms with E-state index in [1.807, 2.05) is 18.2 Å². The highest BCUT2D eigenvalue weighted by molar-refractivity contribution is 5.82. The molecule has 1 saturated heterocycles. The molecule has 0 saturated carbocycles. The number of Topliss-reactive ketones (excluding diaryl/α,β-unsaturated/α-hetero) is 1. The molecule has 1 heterocycles. The van der Waals surface area contributed by atoms with Crippen molar-refractivity contribution in [3.8, 4) is 0 Å². The van der Waals surface area contributed by atoms with Crippen molar-refractivity contribution in [1.29, 1.82) is 0 Å². The quantitative estimate of drug-likeness (QED) is 0.776. The largest absolute Gasteiger partial charge is 0.380 e. The van der Waals surface area contributed by atoms with Crippen LogP contribution >= 0.6 is 0 Å². The molecule has 2 nitrogen and oxygen atoms in total. The Morgan fingerprint density at radius 2 is 2.12 bits per heavy atom. The Morgan fingerprint density at radius 1 is 1.31 bits per heavy atom. The van der Waals surface area contributed by atoms with Gasteiger partial charge in [0.05, 0.1) is 13.2 Å². The van der Waals surface area contributed by atoms with Crippen LogP contribution in [0.1, 0.15) is 18.4 Å². The Labute approximate surface area is 95.9 Å². The van der Waals surface area contributed by atoms with Crippen molar-refractivity contribution in [3.05, 3.63) is 42.0 Å². The molecule has 1 atom stereocenters. The van der Waals surface area contributed by atoms with E-state index in [-0.39, 0.29) is 5.92 Å². The fourth-order valence-electron chi connectivity index (χ4n) is 1.83. The fourth-order valence-corrected chi connectivity index (χ4v) is 1.83. The third-order valence-electron chi connectivity index (χ3n) is 2.80. The molecular weight excluding hydrogens is 200 g/mol. The lowest BCUT2D eigenvalue weighted by Crippen LogP contribution is -2.26. The Hall–Kier alpha value is -1.41. The van der Waals surface area contributed by atoms with Crippen LogP contribution in [0.5, 0.6) is 0 Å². The third kappa shape index (κ3) is 3.04. The minimum absolute atomic E-state index is 0.0636. The summed E-state index contributed by atoms with van der Waals surface area (Å²) in [7, 11) is 0. The minimum atomic E-state index is 0.0636. The zero-order chi connectivity index (χ0) is 11.2. The van der Waals surface area contributed by atoms with Crippen molar-refractivity contribution in [1.82, 2.24) is 0 Å². The summed E-state index contributed by atoms with van der Waals surface area (Å²) in [5.74, 6) is 0.401. The maximum absolute atomic E-state index is 11.5. The SMILES string of the molecule is O=C1CCOC[C@H]1C/C=C/c1ccccc1. The molecule has 1 aliphatic heterocycles. The molecule has 0 aromatic heterocycles. The zero-order valence-electron chi connectivity index (χ0n) is 9.26. The second kappa shape index (κ2) is 5.61. The molecule has 0 bridgehead atoms. The van der Waals surface area contributed by atoms with Crippen LogP contribution in [0.25, 0.3) is 6.08 Å². The number of allylic oxidation sites excluding steroid dienone is 1. The summed E-state index contributed by atoms with van der Waals surface area (Å²) in [5, 5.41) is 0. The van der Waals surface area contributed by atoms with E-state index >= 15 is 0 Å². The van der Waals surface area contributed by atoms with Gasteiger partial charge in [-0.3, -0.25) is 4.79 Å². The Morgan fingerprint density at radius 3 is 2.88 bits per heavy atom. The molecule has 1 aromatic rings. The molecule has 0 N–H and O–H groups in total. The highest BCUT2D eigenvalue weighted by Crippen LogP contribution is 2.15. The summed E-state index contributed by atoms with van der Waals surface area (Å²) in [6.07, 6.45) is 5.48. The Kier molecular flexibility index (Phi) is 3.89. The number of hydrogen-bond donors (Lipinski definition) is 0. The van der Waals surface area contributed by atoms with E-state index in [0.717, 1.165) is 6.42 Å². The van der Waals surface area contributed by atoms with Crippen LogP contribution in [0.4, 0.5) is 0 Å². The second-order valence-corrected chi connectivity index (χ2v) is 4.04. The summed E-state index contributed by atoms with van der Waals surface area (Å²) >= 11 is 0. The van der Waals surface area contributed by atoms with E-state index in [9.17, 15) is 4.79 Å². The summed E-state index contributed by atoms with van der Waals surface area (Å²) < 4.78 is 5.30. The van der Waals surface area contributed by atoms with Gasteiger partial charge in [-0.2, -0.15) is 0 Å². The van der Waals surface area contributed by atoms with E-state index < -0.39 is 0 Å². The number of hydrogen-bond acceptors (Lipinski definition) is 2. The predicted molar refractivity (Wildman–Crippen MR) is 64.0 cm³/mol. The van der Waals surface area contributed by atoms with Crippen molar-refractivity contribution in [2.75, 3.05) is 13.2 Å². The molecule has 2 rings (SSSR count). The van der Waals surface area contributed by atoms with Crippen LogP contribution in [0.15, 0.2) is 36.4 Å². The van der Waals surface area contributed by atoms with E-state index in [1.54, 1.807) is 0 Å². The monoisotopic (exact) mass is 216 g/mol. The van der Waals surface area contributed by atoms with Gasteiger partial charge in [-0.15, -0.1) is 0 Å². The molecule has 2 heteroatoms. The van der Waals surface area contributed by atoms with Gasteiger partial charge in [0.15, 0.2) is 0 Å². The Bertz CT molecular complexity index is 368. The fraction of sp³-hybridized carbons (Fsp3) is 0.357. The first kappa shape index (κ1) is 11.1. The topological polar surface area (TPSA) is 26.3 Å². The van der Waals surface area contributed by atoms with Gasteiger partial charge >= 0.3 is 0 Å². The van der Waals surface area contributed by atoms with Crippen LogP contribution in [-0.2, 0) is 9.53 Å². The van der Waals surface area contributed by atoms with Crippen LogP contribution in [0, 0.1) is 5.92 Å². The molecule has 1 fully saturated rings. The zero-order valence-corrected chi connectivity index (χ0v) is 9.26. The average Bonchev–Trinajstić information content (AvgIpc) is 2.33. The number of carbonyl (C=O) groups is 1. The first-order chi connectivity index (χ1) is 7.86. The minimum Gasteiger partial charge on any atom is -0.380 e. The molecule has 1 aliphatic rings. The maximum atomic E-state index is 11.5. The molecule has 0 amide bonds. The van der Waals surface area contributed by atoms with Gasteiger partial charge < -0.3 is 4.74 Å². The summed E-state index contributed by atoms with van der Waals surface area (Å²) in [6, 6.07) is 10.1. The average molecular weight is 216 g/mol. The summed E-state index contributed by atoms with van der Waals surface area (Å²) in [5.41, 5.74) is 1.17. The number of carbonyl (C=O) groups excluding carboxylic acids is 1. The lowest BCUT2D eigenvalue weighted by atomic mass is 9.96. The standard InChI is InChI=1S/C14H16O2/c15-14-9-10-16-11-13(14)8-4-7-12-5-2-1-3-6-12/h1-7,13H,8-11H2/b7-4+/t13-/m1/s1. The van der Waals surface area contributed by atoms with Gasteiger partial charge in [-0.05, 0) is 12.0 Å². The van der Waals surface area contributed by atoms with Gasteiger partial charge in [0.1, 0.15) is 5.78 Å². The van der Waals surface area contributed by atoms with Crippen molar-refractivity contribution in [2.45, 2.75) is 12.8 Å². The summed E-state index contributed by atoms with van der Waals surface area (Å²) in [6.45, 7) is 1.18. The smallest absolute Gasteiger partial charge is 0.140 e. The molecule has 16 heavy (non-hydrogen) atoms. The Balaban J connectivity index is 1.87. The van der Waals surface area contributed by atoms with Gasteiger partial charge in [-0.1, -0.05) is 42.5 Å². The van der Waals surface area contributed by atoms with E-state index in [4.69, 9.17) is 4.74 Å². The van der Waals surface area contributed by atoms with Crippen LogP contribution < -0.4 is 0 Å². The maximum Gasteiger partial charge on any atom is 0.140 e. The molecule has 84 valence electrons. The lowest BCUT2D eigenvalue weighted by molar-refractivity contribution is -0.130.